The van der Waals surface area contributed by atoms with Gasteiger partial charge < -0.3 is 14.9 Å². The molecule has 110 valence electrons. The molecule has 0 saturated carbocycles. The Morgan fingerprint density at radius 2 is 1.57 bits per heavy atom. The van der Waals surface area contributed by atoms with Gasteiger partial charge >= 0.3 is 5.97 Å². The molecule has 4 nitrogen and oxygen atoms in total. The number of aliphatic hydroxyl groups is 1. The zero-order valence-electron chi connectivity index (χ0n) is 11.4. The van der Waals surface area contributed by atoms with Gasteiger partial charge in [0, 0.05) is 5.02 Å². The summed E-state index contributed by atoms with van der Waals surface area (Å²) in [4.78, 5) is 10.7. The van der Waals surface area contributed by atoms with Crippen LogP contribution in [0.2, 0.25) is 5.02 Å². The number of carbonyl (C=O) groups is 1. The van der Waals surface area contributed by atoms with Gasteiger partial charge in [-0.25, -0.2) is 0 Å². The SMILES string of the molecule is CC(O)(CC(=O)O)c1ccc(Oc2ccc(Cl)cc2)cc1. The maximum Gasteiger partial charge on any atom is 0.306 e. The quantitative estimate of drug-likeness (QED) is 0.881. The zero-order valence-corrected chi connectivity index (χ0v) is 12.2. The van der Waals surface area contributed by atoms with E-state index >= 15 is 0 Å². The fraction of sp³-hybridized carbons (Fsp3) is 0.188. The first-order valence-corrected chi connectivity index (χ1v) is 6.73. The standard InChI is InChI=1S/C16H15ClO4/c1-16(20,10-15(18)19)11-2-6-13(7-3-11)21-14-8-4-12(17)5-9-14/h2-9,20H,10H2,1H3,(H,18,19). The topological polar surface area (TPSA) is 66.8 Å². The van der Waals surface area contributed by atoms with Crippen LogP contribution >= 0.6 is 11.6 Å². The largest absolute Gasteiger partial charge is 0.481 e. The summed E-state index contributed by atoms with van der Waals surface area (Å²) in [5, 5.41) is 19.5. The van der Waals surface area contributed by atoms with Crippen LogP contribution in [0.1, 0.15) is 18.9 Å². The van der Waals surface area contributed by atoms with E-state index in [2.05, 4.69) is 0 Å². The van der Waals surface area contributed by atoms with Gasteiger partial charge in [-0.2, -0.15) is 0 Å². The molecule has 0 saturated heterocycles. The Labute approximate surface area is 127 Å². The van der Waals surface area contributed by atoms with Crippen LogP contribution in [0.3, 0.4) is 0 Å². The van der Waals surface area contributed by atoms with Crippen LogP contribution in [-0.2, 0) is 10.4 Å². The maximum atomic E-state index is 10.7. The summed E-state index contributed by atoms with van der Waals surface area (Å²) in [6.45, 7) is 1.47. The lowest BCUT2D eigenvalue weighted by molar-refractivity contribution is -0.142. The van der Waals surface area contributed by atoms with Crippen LogP contribution in [0.15, 0.2) is 48.5 Å². The molecule has 2 aromatic carbocycles. The highest BCUT2D eigenvalue weighted by atomic mass is 35.5. The Hall–Kier alpha value is -2.04. The number of hydrogen-bond acceptors (Lipinski definition) is 3. The molecule has 1 atom stereocenters. The summed E-state index contributed by atoms with van der Waals surface area (Å²) in [5.74, 6) is 0.179. The van der Waals surface area contributed by atoms with Crippen molar-refractivity contribution in [3.63, 3.8) is 0 Å². The number of rotatable bonds is 5. The van der Waals surface area contributed by atoms with Crippen LogP contribution in [-0.4, -0.2) is 16.2 Å². The number of hydrogen-bond donors (Lipinski definition) is 2. The van der Waals surface area contributed by atoms with Crippen LogP contribution in [0.4, 0.5) is 0 Å². The van der Waals surface area contributed by atoms with E-state index in [1.54, 1.807) is 48.5 Å². The predicted molar refractivity (Wildman–Crippen MR) is 79.8 cm³/mol. The molecule has 0 amide bonds. The van der Waals surface area contributed by atoms with E-state index < -0.39 is 11.6 Å². The van der Waals surface area contributed by atoms with Gasteiger partial charge in [0.15, 0.2) is 0 Å². The molecule has 2 N–H and O–H groups in total. The minimum absolute atomic E-state index is 0.357. The molecule has 5 heteroatoms. The van der Waals surface area contributed by atoms with Crippen molar-refractivity contribution in [2.45, 2.75) is 18.9 Å². The number of halogens is 1. The number of carboxylic acid groups (broad SMARTS) is 1. The van der Waals surface area contributed by atoms with Crippen molar-refractivity contribution in [2.24, 2.45) is 0 Å². The van der Waals surface area contributed by atoms with Gasteiger partial charge in [-0.15, -0.1) is 0 Å². The summed E-state index contributed by atoms with van der Waals surface area (Å²) < 4.78 is 5.63. The fourth-order valence-electron chi connectivity index (χ4n) is 1.92. The molecule has 0 aliphatic carbocycles. The Morgan fingerprint density at radius 3 is 2.05 bits per heavy atom. The number of carboxylic acids is 1. The molecule has 1 unspecified atom stereocenters. The molecule has 2 rings (SSSR count). The van der Waals surface area contributed by atoms with E-state index in [-0.39, 0.29) is 6.42 Å². The van der Waals surface area contributed by atoms with Gasteiger partial charge in [0.2, 0.25) is 0 Å². The molecule has 21 heavy (non-hydrogen) atoms. The molecule has 0 spiro atoms. The average Bonchev–Trinajstić information content (AvgIpc) is 2.41. The van der Waals surface area contributed by atoms with Crippen LogP contribution in [0.25, 0.3) is 0 Å². The van der Waals surface area contributed by atoms with Crippen LogP contribution in [0, 0.1) is 0 Å². The Bertz CT molecular complexity index is 618. The number of ether oxygens (including phenoxy) is 1. The molecular formula is C16H15ClO4. The Morgan fingerprint density at radius 1 is 1.10 bits per heavy atom. The smallest absolute Gasteiger partial charge is 0.306 e. The molecule has 0 aliphatic heterocycles. The first kappa shape index (κ1) is 15.4. The van der Waals surface area contributed by atoms with Crippen LogP contribution in [0.5, 0.6) is 11.5 Å². The fourth-order valence-corrected chi connectivity index (χ4v) is 2.04. The van der Waals surface area contributed by atoms with Gasteiger partial charge in [-0.05, 0) is 48.9 Å². The third-order valence-electron chi connectivity index (χ3n) is 3.02. The summed E-state index contributed by atoms with van der Waals surface area (Å²) >= 11 is 5.80. The van der Waals surface area contributed by atoms with Gasteiger partial charge in [0.1, 0.15) is 11.5 Å². The lowest BCUT2D eigenvalue weighted by atomic mass is 9.93. The van der Waals surface area contributed by atoms with Gasteiger partial charge in [0.25, 0.3) is 0 Å². The van der Waals surface area contributed by atoms with Crippen molar-refractivity contribution in [1.29, 1.82) is 0 Å². The van der Waals surface area contributed by atoms with Crippen molar-refractivity contribution >= 4 is 17.6 Å². The Balaban J connectivity index is 2.11. The van der Waals surface area contributed by atoms with Gasteiger partial charge in [-0.1, -0.05) is 23.7 Å². The minimum Gasteiger partial charge on any atom is -0.481 e. The highest BCUT2D eigenvalue weighted by molar-refractivity contribution is 6.30. The summed E-state index contributed by atoms with van der Waals surface area (Å²) in [6.07, 6.45) is -0.357. The molecule has 0 heterocycles. The highest BCUT2D eigenvalue weighted by Crippen LogP contribution is 2.28. The molecule has 0 fully saturated rings. The Kier molecular flexibility index (Phi) is 4.50. The molecule has 2 aromatic rings. The minimum atomic E-state index is -1.41. The first-order valence-electron chi connectivity index (χ1n) is 6.35. The van der Waals surface area contributed by atoms with Gasteiger partial charge in [-0.3, -0.25) is 4.79 Å². The van der Waals surface area contributed by atoms with Crippen molar-refractivity contribution in [2.75, 3.05) is 0 Å². The number of aliphatic carboxylic acids is 1. The van der Waals surface area contributed by atoms with Crippen molar-refractivity contribution in [3.8, 4) is 11.5 Å². The van der Waals surface area contributed by atoms with E-state index in [9.17, 15) is 9.90 Å². The molecule has 0 bridgehead atoms. The summed E-state index contributed by atoms with van der Waals surface area (Å²) in [7, 11) is 0. The second kappa shape index (κ2) is 6.16. The highest BCUT2D eigenvalue weighted by Gasteiger charge is 2.26. The van der Waals surface area contributed by atoms with E-state index in [0.717, 1.165) is 0 Å². The summed E-state index contributed by atoms with van der Waals surface area (Å²) in [5.41, 5.74) is -0.890. The van der Waals surface area contributed by atoms with Gasteiger partial charge in [0.05, 0.1) is 12.0 Å². The lowest BCUT2D eigenvalue weighted by Gasteiger charge is -2.21. The molecule has 0 aliphatic rings. The van der Waals surface area contributed by atoms with E-state index in [1.807, 2.05) is 0 Å². The first-order chi connectivity index (χ1) is 9.87. The third kappa shape index (κ3) is 4.21. The second-order valence-corrected chi connectivity index (χ2v) is 5.36. The molecule has 0 radical (unpaired) electrons. The van der Waals surface area contributed by atoms with Crippen LogP contribution < -0.4 is 4.74 Å². The lowest BCUT2D eigenvalue weighted by Crippen LogP contribution is -2.24. The van der Waals surface area contributed by atoms with Crippen molar-refractivity contribution in [3.05, 3.63) is 59.1 Å². The maximum absolute atomic E-state index is 10.7. The summed E-state index contributed by atoms with van der Waals surface area (Å²) in [6, 6.07) is 13.6. The van der Waals surface area contributed by atoms with Crippen molar-refractivity contribution in [1.82, 2.24) is 0 Å². The second-order valence-electron chi connectivity index (χ2n) is 4.92. The van der Waals surface area contributed by atoms with E-state index in [0.29, 0.717) is 22.1 Å². The molecule has 0 aromatic heterocycles. The zero-order chi connectivity index (χ0) is 15.5. The molecular weight excluding hydrogens is 292 g/mol. The average molecular weight is 307 g/mol. The third-order valence-corrected chi connectivity index (χ3v) is 3.27. The monoisotopic (exact) mass is 306 g/mol. The van der Waals surface area contributed by atoms with Crippen molar-refractivity contribution < 1.29 is 19.7 Å². The van der Waals surface area contributed by atoms with E-state index in [4.69, 9.17) is 21.4 Å². The predicted octanol–water partition coefficient (Wildman–Crippen LogP) is 3.81. The number of benzene rings is 2. The van der Waals surface area contributed by atoms with E-state index in [1.165, 1.54) is 6.92 Å². The normalized spacial score (nSPS) is 13.5.